The monoisotopic (exact) mass is 432 g/mol. The molecule has 0 unspecified atom stereocenters. The van der Waals surface area contributed by atoms with Gasteiger partial charge in [-0.25, -0.2) is 10.2 Å². The topological polar surface area (TPSA) is 117 Å². The van der Waals surface area contributed by atoms with Gasteiger partial charge < -0.3 is 5.11 Å². The van der Waals surface area contributed by atoms with Gasteiger partial charge in [-0.3, -0.25) is 18.9 Å². The van der Waals surface area contributed by atoms with Gasteiger partial charge in [-0.05, 0) is 25.1 Å². The van der Waals surface area contributed by atoms with Crippen LogP contribution in [0.15, 0.2) is 49.5 Å². The van der Waals surface area contributed by atoms with E-state index in [0.717, 1.165) is 4.47 Å². The van der Waals surface area contributed by atoms with Crippen LogP contribution in [0.25, 0.3) is 11.2 Å². The van der Waals surface area contributed by atoms with E-state index >= 15 is 0 Å². The van der Waals surface area contributed by atoms with Gasteiger partial charge in [0.05, 0.1) is 6.21 Å². The van der Waals surface area contributed by atoms with Crippen LogP contribution in [0.1, 0.15) is 12.5 Å². The van der Waals surface area contributed by atoms with Crippen LogP contribution in [-0.2, 0) is 13.6 Å². The lowest BCUT2D eigenvalue weighted by atomic mass is 10.2. The lowest BCUT2D eigenvalue weighted by Crippen LogP contribution is -2.29. The van der Waals surface area contributed by atoms with E-state index in [-0.39, 0.29) is 16.9 Å². The number of aromatic hydroxyl groups is 1. The summed E-state index contributed by atoms with van der Waals surface area (Å²) in [6.45, 7) is 2.23. The van der Waals surface area contributed by atoms with Crippen molar-refractivity contribution in [1.29, 1.82) is 0 Å². The maximum absolute atomic E-state index is 12.3. The summed E-state index contributed by atoms with van der Waals surface area (Å²) in [7, 11) is 1.53. The van der Waals surface area contributed by atoms with Crippen molar-refractivity contribution in [2.24, 2.45) is 12.1 Å². The summed E-state index contributed by atoms with van der Waals surface area (Å²) < 4.78 is 3.67. The summed E-state index contributed by atoms with van der Waals surface area (Å²) in [5.74, 6) is 0.366. The number of hydrogen-bond acceptors (Lipinski definition) is 6. The molecule has 0 saturated heterocycles. The van der Waals surface area contributed by atoms with Crippen molar-refractivity contribution in [3.8, 4) is 5.75 Å². The summed E-state index contributed by atoms with van der Waals surface area (Å²) >= 11 is 3.33. The maximum Gasteiger partial charge on any atom is 0.329 e. The van der Waals surface area contributed by atoms with Crippen molar-refractivity contribution < 1.29 is 5.11 Å². The number of fused-ring (bicyclic) bond motifs is 1. The number of nitrogens with zero attached hydrogens (tertiary/aromatic N) is 4. The highest BCUT2D eigenvalue weighted by Crippen LogP contribution is 2.20. The van der Waals surface area contributed by atoms with Gasteiger partial charge in [0, 0.05) is 23.6 Å². The van der Waals surface area contributed by atoms with Crippen molar-refractivity contribution in [2.75, 3.05) is 5.43 Å². The first kappa shape index (κ1) is 18.6. The van der Waals surface area contributed by atoms with Crippen LogP contribution in [0.5, 0.6) is 5.75 Å². The standard InChI is InChI=1S/C17H17BrN6O3/c1-3-4-7-24-13-14(23(2)17(27)21-15(13)26)20-16(24)22-19-9-10-8-11(18)5-6-12(10)25/h3-6,8-9,25H,7H2,1-2H3,(H,20,22)(H,21,26,27). The lowest BCUT2D eigenvalue weighted by molar-refractivity contribution is 0.474. The number of allylic oxidation sites excluding steroid dienone is 2. The molecule has 2 aromatic heterocycles. The van der Waals surface area contributed by atoms with Crippen LogP contribution < -0.4 is 16.7 Å². The fourth-order valence-corrected chi connectivity index (χ4v) is 2.88. The van der Waals surface area contributed by atoms with Gasteiger partial charge in [-0.2, -0.15) is 10.1 Å². The number of aryl methyl sites for hydroxylation is 1. The van der Waals surface area contributed by atoms with Crippen LogP contribution in [0.2, 0.25) is 0 Å². The molecular formula is C17H17BrN6O3. The van der Waals surface area contributed by atoms with Gasteiger partial charge in [0.1, 0.15) is 5.75 Å². The number of aromatic amines is 1. The van der Waals surface area contributed by atoms with E-state index in [0.29, 0.717) is 18.1 Å². The van der Waals surface area contributed by atoms with Crippen LogP contribution in [-0.4, -0.2) is 30.4 Å². The number of hydrazone groups is 1. The first-order chi connectivity index (χ1) is 12.9. The SMILES string of the molecule is CC=CCn1c(NN=Cc2cc(Br)ccc2O)nc2c1c(=O)[nH]c(=O)n2C. The van der Waals surface area contributed by atoms with Crippen molar-refractivity contribution in [1.82, 2.24) is 19.1 Å². The van der Waals surface area contributed by atoms with Crippen LogP contribution in [0.4, 0.5) is 5.95 Å². The molecule has 0 bridgehead atoms. The molecule has 27 heavy (non-hydrogen) atoms. The molecule has 0 aliphatic carbocycles. The molecule has 140 valence electrons. The number of phenols is 1. The predicted octanol–water partition coefficient (Wildman–Crippen LogP) is 1.91. The number of halogens is 1. The van der Waals surface area contributed by atoms with E-state index in [2.05, 4.69) is 36.4 Å². The molecule has 9 nitrogen and oxygen atoms in total. The predicted molar refractivity (Wildman–Crippen MR) is 107 cm³/mol. The number of nitrogens with one attached hydrogen (secondary N) is 2. The highest BCUT2D eigenvalue weighted by molar-refractivity contribution is 9.10. The highest BCUT2D eigenvalue weighted by atomic mass is 79.9. The highest BCUT2D eigenvalue weighted by Gasteiger charge is 2.16. The Morgan fingerprint density at radius 2 is 2.19 bits per heavy atom. The first-order valence-corrected chi connectivity index (χ1v) is 8.80. The molecule has 2 heterocycles. The van der Waals surface area contributed by atoms with Gasteiger partial charge in [0.25, 0.3) is 5.56 Å². The molecule has 3 N–H and O–H groups in total. The second kappa shape index (κ2) is 7.62. The zero-order valence-electron chi connectivity index (χ0n) is 14.6. The molecule has 0 spiro atoms. The molecular weight excluding hydrogens is 416 g/mol. The van der Waals surface area contributed by atoms with E-state index in [1.54, 1.807) is 22.8 Å². The molecule has 1 aromatic carbocycles. The van der Waals surface area contributed by atoms with Gasteiger partial charge in [0.2, 0.25) is 5.95 Å². The largest absolute Gasteiger partial charge is 0.507 e. The average Bonchev–Trinajstić information content (AvgIpc) is 3.00. The Morgan fingerprint density at radius 1 is 1.41 bits per heavy atom. The molecule has 0 aliphatic heterocycles. The molecule has 0 atom stereocenters. The summed E-state index contributed by atoms with van der Waals surface area (Å²) in [6.07, 6.45) is 5.12. The fourth-order valence-electron chi connectivity index (χ4n) is 2.50. The molecule has 0 radical (unpaired) electrons. The Morgan fingerprint density at radius 3 is 2.93 bits per heavy atom. The van der Waals surface area contributed by atoms with Gasteiger partial charge >= 0.3 is 5.69 Å². The minimum atomic E-state index is -0.544. The number of H-pyrrole nitrogens is 1. The normalized spacial score (nSPS) is 11.8. The van der Waals surface area contributed by atoms with E-state index in [9.17, 15) is 14.7 Å². The van der Waals surface area contributed by atoms with E-state index < -0.39 is 11.2 Å². The van der Waals surface area contributed by atoms with Crippen LogP contribution in [0.3, 0.4) is 0 Å². The minimum absolute atomic E-state index is 0.0741. The van der Waals surface area contributed by atoms with Crippen molar-refractivity contribution in [3.63, 3.8) is 0 Å². The molecule has 0 amide bonds. The summed E-state index contributed by atoms with van der Waals surface area (Å²) in [6, 6.07) is 4.96. The Balaban J connectivity index is 2.05. The molecule has 10 heteroatoms. The van der Waals surface area contributed by atoms with E-state index in [1.165, 1.54) is 17.8 Å². The summed E-state index contributed by atoms with van der Waals surface area (Å²) in [5.41, 5.74) is 2.71. The summed E-state index contributed by atoms with van der Waals surface area (Å²) in [5, 5.41) is 14.0. The minimum Gasteiger partial charge on any atom is -0.507 e. The third-order valence-electron chi connectivity index (χ3n) is 3.89. The second-order valence-electron chi connectivity index (χ2n) is 5.68. The third-order valence-corrected chi connectivity index (χ3v) is 4.38. The molecule has 3 aromatic rings. The van der Waals surface area contributed by atoms with E-state index in [4.69, 9.17) is 0 Å². The number of imidazole rings is 1. The Kier molecular flexibility index (Phi) is 5.26. The summed E-state index contributed by atoms with van der Waals surface area (Å²) in [4.78, 5) is 30.7. The fraction of sp³-hybridized carbons (Fsp3) is 0.176. The number of phenolic OH excluding ortho intramolecular Hbond substituents is 1. The first-order valence-electron chi connectivity index (χ1n) is 8.00. The number of aromatic nitrogens is 4. The van der Waals surface area contributed by atoms with Crippen LogP contribution in [0, 0.1) is 0 Å². The smallest absolute Gasteiger partial charge is 0.329 e. The Bertz CT molecular complexity index is 1170. The Labute approximate surface area is 161 Å². The zero-order valence-corrected chi connectivity index (χ0v) is 16.2. The van der Waals surface area contributed by atoms with Gasteiger partial charge in [-0.1, -0.05) is 28.1 Å². The number of benzene rings is 1. The molecule has 3 rings (SSSR count). The molecule has 0 saturated carbocycles. The quantitative estimate of drug-likeness (QED) is 0.323. The van der Waals surface area contributed by atoms with Gasteiger partial charge in [0.15, 0.2) is 11.2 Å². The number of anilines is 1. The molecule has 0 fully saturated rings. The average molecular weight is 433 g/mol. The second-order valence-corrected chi connectivity index (χ2v) is 6.59. The maximum atomic E-state index is 12.3. The van der Waals surface area contributed by atoms with Crippen LogP contribution >= 0.6 is 15.9 Å². The van der Waals surface area contributed by atoms with Crippen molar-refractivity contribution in [3.05, 3.63) is 61.2 Å². The molecule has 0 aliphatic rings. The lowest BCUT2D eigenvalue weighted by Gasteiger charge is -2.05. The number of rotatable bonds is 5. The van der Waals surface area contributed by atoms with Crippen molar-refractivity contribution >= 4 is 39.3 Å². The van der Waals surface area contributed by atoms with Crippen molar-refractivity contribution in [2.45, 2.75) is 13.5 Å². The van der Waals surface area contributed by atoms with Gasteiger partial charge in [-0.15, -0.1) is 0 Å². The third kappa shape index (κ3) is 3.70. The Hall–Kier alpha value is -3.14. The van der Waals surface area contributed by atoms with E-state index in [1.807, 2.05) is 19.1 Å². The zero-order chi connectivity index (χ0) is 19.6. The number of hydrogen-bond donors (Lipinski definition) is 3.